The number of aromatic amines is 1. The van der Waals surface area contributed by atoms with Gasteiger partial charge in [-0.2, -0.15) is 0 Å². The van der Waals surface area contributed by atoms with Crippen molar-refractivity contribution in [3.8, 4) is 0 Å². The maximum atomic E-state index is 13.6. The number of ether oxygens (including phenoxy) is 1. The van der Waals surface area contributed by atoms with Crippen LogP contribution in [0.3, 0.4) is 0 Å². The van der Waals surface area contributed by atoms with Gasteiger partial charge in [0.05, 0.1) is 12.9 Å². The minimum Gasteiger partial charge on any atom is -0.444 e. The van der Waals surface area contributed by atoms with Gasteiger partial charge < -0.3 is 25.7 Å². The lowest BCUT2D eigenvalue weighted by Gasteiger charge is -2.25. The Morgan fingerprint density at radius 3 is 2.12 bits per heavy atom. The van der Waals surface area contributed by atoms with E-state index >= 15 is 0 Å². The van der Waals surface area contributed by atoms with E-state index in [0.29, 0.717) is 25.3 Å². The normalized spacial score (nSPS) is 12.6. The molecule has 0 aliphatic rings. The molecule has 0 radical (unpaired) electrons. The van der Waals surface area contributed by atoms with Gasteiger partial charge in [0, 0.05) is 50.2 Å². The number of rotatable bonds is 17. The number of carbonyl (C=O) groups excluding carboxylic acids is 3. The number of hydrogen-bond acceptors (Lipinski definition) is 6. The molecule has 48 heavy (non-hydrogen) atoms. The monoisotopic (exact) mass is 657 g/mol. The minimum absolute atomic E-state index is 0.0243. The van der Waals surface area contributed by atoms with E-state index in [1.54, 1.807) is 36.1 Å². The zero-order valence-corrected chi connectivity index (χ0v) is 28.0. The summed E-state index contributed by atoms with van der Waals surface area (Å²) in [4.78, 5) is 59.3. The molecule has 0 bridgehead atoms. The molecule has 0 fully saturated rings. The summed E-state index contributed by atoms with van der Waals surface area (Å²) in [7, 11) is 0. The van der Waals surface area contributed by atoms with Gasteiger partial charge in [0.2, 0.25) is 11.8 Å². The second kappa shape index (κ2) is 17.7. The van der Waals surface area contributed by atoms with Crippen LogP contribution in [-0.4, -0.2) is 61.2 Å². The van der Waals surface area contributed by atoms with Crippen LogP contribution in [0.25, 0.3) is 0 Å². The molecular weight excluding hydrogens is 610 g/mol. The molecule has 0 saturated heterocycles. The SMILES string of the molecule is CC(C)(C)OC(=O)N[C@@H](Cc1ccccc1)C(=O)N[C@@H](Cc1cnc[nH]1)C(=O)NCCCCCCn1ccn(Cc2ccccc2)c1=O. The van der Waals surface area contributed by atoms with Crippen molar-refractivity contribution < 1.29 is 19.1 Å². The number of aromatic nitrogens is 4. The quantitative estimate of drug-likeness (QED) is 0.126. The highest BCUT2D eigenvalue weighted by Gasteiger charge is 2.29. The van der Waals surface area contributed by atoms with Gasteiger partial charge in [-0.3, -0.25) is 18.7 Å². The van der Waals surface area contributed by atoms with Crippen LogP contribution in [0.5, 0.6) is 0 Å². The maximum absolute atomic E-state index is 13.6. The molecule has 0 unspecified atom stereocenters. The minimum atomic E-state index is -0.970. The fraction of sp³-hybridized carbons (Fsp3) is 0.417. The second-order valence-electron chi connectivity index (χ2n) is 12.8. The number of carbonyl (C=O) groups is 3. The number of hydrogen-bond donors (Lipinski definition) is 4. The van der Waals surface area contributed by atoms with Crippen molar-refractivity contribution >= 4 is 17.9 Å². The number of nitrogens with one attached hydrogen (secondary N) is 4. The number of nitrogens with zero attached hydrogens (tertiary/aromatic N) is 3. The number of imidazole rings is 2. The van der Waals surface area contributed by atoms with E-state index in [4.69, 9.17) is 4.74 Å². The highest BCUT2D eigenvalue weighted by Crippen LogP contribution is 2.10. The highest BCUT2D eigenvalue weighted by atomic mass is 16.6. The molecule has 0 saturated carbocycles. The summed E-state index contributed by atoms with van der Waals surface area (Å²) in [5.41, 5.74) is 1.84. The standard InChI is InChI=1S/C36H47N7O5/c1-36(2,3)48-34(46)41-30(22-27-14-8-6-9-15-27)33(45)40-31(23-29-24-37-26-39-29)32(44)38-18-12-4-5-13-19-42-20-21-43(35(42)47)25-28-16-10-7-11-17-28/h6-11,14-17,20-21,24,26,30-31H,4-5,12-13,18-19,22-23,25H2,1-3H3,(H,37,39)(H,38,44)(H,40,45)(H,41,46)/t30-,31-/m0/s1. The lowest BCUT2D eigenvalue weighted by Crippen LogP contribution is -2.55. The molecular formula is C36H47N7O5. The van der Waals surface area contributed by atoms with Crippen LogP contribution in [0.15, 0.2) is 90.4 Å². The lowest BCUT2D eigenvalue weighted by atomic mass is 10.0. The molecule has 12 heteroatoms. The fourth-order valence-corrected chi connectivity index (χ4v) is 5.23. The number of unbranched alkanes of at least 4 members (excludes halogenated alkanes) is 3. The molecule has 0 aliphatic carbocycles. The topological polar surface area (TPSA) is 152 Å². The fourth-order valence-electron chi connectivity index (χ4n) is 5.23. The second-order valence-corrected chi connectivity index (χ2v) is 12.8. The van der Waals surface area contributed by atoms with E-state index < -0.39 is 29.7 Å². The first-order valence-electron chi connectivity index (χ1n) is 16.5. The Bertz CT molecular complexity index is 1630. The summed E-state index contributed by atoms with van der Waals surface area (Å²) >= 11 is 0. The van der Waals surface area contributed by atoms with E-state index in [2.05, 4.69) is 25.9 Å². The van der Waals surface area contributed by atoms with Crippen molar-refractivity contribution in [3.63, 3.8) is 0 Å². The largest absolute Gasteiger partial charge is 0.444 e. The molecule has 0 spiro atoms. The smallest absolute Gasteiger partial charge is 0.408 e. The van der Waals surface area contributed by atoms with Gasteiger partial charge in [0.15, 0.2) is 0 Å². The number of H-pyrrole nitrogens is 1. The Labute approximate surface area is 281 Å². The Kier molecular flexibility index (Phi) is 13.2. The Balaban J connectivity index is 1.27. The summed E-state index contributed by atoms with van der Waals surface area (Å²) < 4.78 is 8.84. The number of amides is 3. The van der Waals surface area contributed by atoms with Crippen LogP contribution >= 0.6 is 0 Å². The molecule has 2 heterocycles. The molecule has 256 valence electrons. The first kappa shape index (κ1) is 35.7. The van der Waals surface area contributed by atoms with Crippen molar-refractivity contribution in [2.24, 2.45) is 0 Å². The van der Waals surface area contributed by atoms with E-state index in [-0.39, 0.29) is 24.4 Å². The molecule has 2 aromatic carbocycles. The van der Waals surface area contributed by atoms with Gasteiger partial charge in [-0.05, 0) is 44.7 Å². The molecule has 4 N–H and O–H groups in total. The van der Waals surface area contributed by atoms with Gasteiger partial charge >= 0.3 is 11.8 Å². The third-order valence-corrected chi connectivity index (χ3v) is 7.64. The van der Waals surface area contributed by atoms with Gasteiger partial charge in [0.1, 0.15) is 17.7 Å². The lowest BCUT2D eigenvalue weighted by molar-refractivity contribution is -0.130. The van der Waals surface area contributed by atoms with E-state index in [0.717, 1.165) is 36.8 Å². The molecule has 4 rings (SSSR count). The summed E-state index contributed by atoms with van der Waals surface area (Å²) in [6.45, 7) is 6.85. The first-order valence-corrected chi connectivity index (χ1v) is 16.5. The third kappa shape index (κ3) is 11.9. The van der Waals surface area contributed by atoms with Crippen LogP contribution in [0, 0.1) is 0 Å². The van der Waals surface area contributed by atoms with Crippen LogP contribution < -0.4 is 21.6 Å². The van der Waals surface area contributed by atoms with Crippen LogP contribution in [0.1, 0.15) is 63.3 Å². The van der Waals surface area contributed by atoms with Gasteiger partial charge in [-0.25, -0.2) is 14.6 Å². The number of alkyl carbamates (subject to hydrolysis) is 1. The molecule has 3 amide bonds. The average molecular weight is 658 g/mol. The summed E-state index contributed by atoms with van der Waals surface area (Å²) in [6, 6.07) is 17.3. The van der Waals surface area contributed by atoms with E-state index in [1.807, 2.05) is 73.1 Å². The first-order chi connectivity index (χ1) is 23.1. The predicted octanol–water partition coefficient (Wildman–Crippen LogP) is 3.96. The van der Waals surface area contributed by atoms with Crippen molar-refractivity contribution in [2.75, 3.05) is 6.54 Å². The van der Waals surface area contributed by atoms with Crippen LogP contribution in [0.4, 0.5) is 4.79 Å². The average Bonchev–Trinajstić information content (AvgIpc) is 3.69. The zero-order valence-electron chi connectivity index (χ0n) is 28.0. The predicted molar refractivity (Wildman–Crippen MR) is 183 cm³/mol. The summed E-state index contributed by atoms with van der Waals surface area (Å²) in [5, 5.41) is 8.47. The van der Waals surface area contributed by atoms with E-state index in [1.165, 1.54) is 6.33 Å². The molecule has 4 aromatic rings. The van der Waals surface area contributed by atoms with Crippen LogP contribution in [-0.2, 0) is 40.3 Å². The van der Waals surface area contributed by atoms with Crippen molar-refractivity contribution in [3.05, 3.63) is 113 Å². The summed E-state index contributed by atoms with van der Waals surface area (Å²) in [5.74, 6) is -0.836. The third-order valence-electron chi connectivity index (χ3n) is 7.64. The van der Waals surface area contributed by atoms with Crippen molar-refractivity contribution in [1.82, 2.24) is 35.1 Å². The van der Waals surface area contributed by atoms with Gasteiger partial charge in [-0.15, -0.1) is 0 Å². The number of benzene rings is 2. The van der Waals surface area contributed by atoms with Gasteiger partial charge in [0.25, 0.3) is 0 Å². The molecule has 0 aliphatic heterocycles. The highest BCUT2D eigenvalue weighted by molar-refractivity contribution is 5.91. The van der Waals surface area contributed by atoms with Crippen molar-refractivity contribution in [1.29, 1.82) is 0 Å². The maximum Gasteiger partial charge on any atom is 0.408 e. The molecule has 2 aromatic heterocycles. The molecule has 2 atom stereocenters. The van der Waals surface area contributed by atoms with E-state index in [9.17, 15) is 19.2 Å². The Hall–Kier alpha value is -5.13. The Morgan fingerprint density at radius 1 is 0.812 bits per heavy atom. The van der Waals surface area contributed by atoms with Crippen molar-refractivity contribution in [2.45, 2.75) is 90.1 Å². The zero-order chi connectivity index (χ0) is 34.4. The summed E-state index contributed by atoms with van der Waals surface area (Å²) in [6.07, 6.45) is 9.82. The Morgan fingerprint density at radius 2 is 1.46 bits per heavy atom. The van der Waals surface area contributed by atoms with Gasteiger partial charge in [-0.1, -0.05) is 73.5 Å². The van der Waals surface area contributed by atoms with Crippen LogP contribution in [0.2, 0.25) is 0 Å². The number of aryl methyl sites for hydroxylation is 1. The molecule has 12 nitrogen and oxygen atoms in total.